The minimum atomic E-state index is 1.38. The third-order valence-corrected chi connectivity index (χ3v) is 9.33. The summed E-state index contributed by atoms with van der Waals surface area (Å²) >= 11 is 11.0. The summed E-state index contributed by atoms with van der Waals surface area (Å²) in [7, 11) is 0. The quantitative estimate of drug-likeness (QED) is 0.263. The zero-order chi connectivity index (χ0) is 14.5. The van der Waals surface area contributed by atoms with Gasteiger partial charge in [-0.15, -0.1) is 0 Å². The highest BCUT2D eigenvalue weighted by atomic mass is 32.2. The maximum Gasteiger partial charge on any atom is 0.0309 e. The van der Waals surface area contributed by atoms with Crippen LogP contribution in [0.5, 0.6) is 0 Å². The first-order valence-electron chi connectivity index (χ1n) is 6.51. The molecule has 0 amide bonds. The lowest BCUT2D eigenvalue weighted by Crippen LogP contribution is -1.83. The molecular weight excluding hydrogens is 385 g/mol. The first-order chi connectivity index (χ1) is 10.9. The molecule has 0 nitrogen and oxygen atoms in total. The lowest BCUT2D eigenvalue weighted by Gasteiger charge is -2.11. The van der Waals surface area contributed by atoms with E-state index in [9.17, 15) is 0 Å². The summed E-state index contributed by atoms with van der Waals surface area (Å²) < 4.78 is 0. The monoisotopic (exact) mass is 392 g/mol. The van der Waals surface area contributed by atoms with Crippen molar-refractivity contribution >= 4 is 68.9 Å². The molecule has 22 heavy (non-hydrogen) atoms. The van der Waals surface area contributed by atoms with Crippen molar-refractivity contribution < 1.29 is 0 Å². The molecule has 1 aliphatic heterocycles. The lowest BCUT2D eigenvalue weighted by molar-refractivity contribution is 1.42. The molecule has 0 N–H and O–H groups in total. The van der Waals surface area contributed by atoms with Crippen molar-refractivity contribution in [2.75, 3.05) is 0 Å². The molecule has 6 heteroatoms. The molecule has 5 rings (SSSR count). The Kier molecular flexibility index (Phi) is 3.50. The highest BCUT2D eigenvalue weighted by Gasteiger charge is 2.20. The van der Waals surface area contributed by atoms with E-state index in [0.29, 0.717) is 0 Å². The molecule has 5 heterocycles. The fraction of sp³-hybridized carbons (Fsp3) is 0. The van der Waals surface area contributed by atoms with Crippen molar-refractivity contribution in [3.05, 3.63) is 43.0 Å². The van der Waals surface area contributed by atoms with Crippen LogP contribution in [0.3, 0.4) is 0 Å². The minimum absolute atomic E-state index is 1.38. The van der Waals surface area contributed by atoms with Crippen LogP contribution < -0.4 is 0 Å². The third-order valence-electron chi connectivity index (χ3n) is 3.53. The van der Waals surface area contributed by atoms with E-state index in [-0.39, 0.29) is 0 Å². The van der Waals surface area contributed by atoms with E-state index < -0.39 is 0 Å². The lowest BCUT2D eigenvalue weighted by atomic mass is 10.2. The molecule has 1 aliphatic rings. The van der Waals surface area contributed by atoms with Crippen LogP contribution in [0.2, 0.25) is 0 Å². The van der Waals surface area contributed by atoms with Crippen LogP contribution in [0, 0.1) is 0 Å². The van der Waals surface area contributed by atoms with Gasteiger partial charge in [-0.1, -0.05) is 23.5 Å². The Morgan fingerprint density at radius 2 is 0.636 bits per heavy atom. The van der Waals surface area contributed by atoms with Gasteiger partial charge in [0.25, 0.3) is 0 Å². The van der Waals surface area contributed by atoms with Crippen LogP contribution in [-0.4, -0.2) is 0 Å². The highest BCUT2D eigenvalue weighted by Crippen LogP contribution is 2.51. The molecule has 0 radical (unpaired) electrons. The van der Waals surface area contributed by atoms with Crippen LogP contribution in [-0.2, 0) is 0 Å². The van der Waals surface area contributed by atoms with Gasteiger partial charge in [-0.05, 0) is 21.5 Å². The number of hydrogen-bond acceptors (Lipinski definition) is 6. The Morgan fingerprint density at radius 1 is 0.364 bits per heavy atom. The van der Waals surface area contributed by atoms with Gasteiger partial charge in [-0.3, -0.25) is 0 Å². The molecule has 0 fully saturated rings. The standard InChI is InChI=1S/C16H8S6/c1-9-10-2-18-6-14(10)22-16-8-20-4-12(16)11-3-19-7-15(11)21-13(9)5-17-1/h1-8H. The van der Waals surface area contributed by atoms with Crippen molar-refractivity contribution in [2.24, 2.45) is 0 Å². The SMILES string of the molecule is c1scc2c1Sc1cscc1-c1cscc1Sc1cscc1-2. The van der Waals surface area contributed by atoms with E-state index in [4.69, 9.17) is 0 Å². The van der Waals surface area contributed by atoms with E-state index in [0.717, 1.165) is 0 Å². The van der Waals surface area contributed by atoms with Crippen LogP contribution in [0.25, 0.3) is 22.3 Å². The second-order valence-electron chi connectivity index (χ2n) is 4.80. The van der Waals surface area contributed by atoms with Gasteiger partial charge >= 0.3 is 0 Å². The van der Waals surface area contributed by atoms with E-state index in [1.165, 1.54) is 41.8 Å². The van der Waals surface area contributed by atoms with Gasteiger partial charge in [-0.25, -0.2) is 0 Å². The van der Waals surface area contributed by atoms with Crippen molar-refractivity contribution in [3.63, 3.8) is 0 Å². The third kappa shape index (κ3) is 2.17. The number of fused-ring (bicyclic) bond motifs is 6. The minimum Gasteiger partial charge on any atom is -0.151 e. The molecule has 4 aromatic heterocycles. The Labute approximate surface area is 152 Å². The zero-order valence-electron chi connectivity index (χ0n) is 11.1. The smallest absolute Gasteiger partial charge is 0.0309 e. The fourth-order valence-electron chi connectivity index (χ4n) is 2.48. The molecule has 0 bridgehead atoms. The van der Waals surface area contributed by atoms with E-state index in [1.807, 2.05) is 23.5 Å². The summed E-state index contributed by atoms with van der Waals surface area (Å²) in [6.45, 7) is 0. The van der Waals surface area contributed by atoms with Gasteiger partial charge in [0.05, 0.1) is 0 Å². The molecule has 0 saturated carbocycles. The van der Waals surface area contributed by atoms with E-state index >= 15 is 0 Å². The predicted molar refractivity (Wildman–Crippen MR) is 104 cm³/mol. The van der Waals surface area contributed by atoms with Gasteiger partial charge < -0.3 is 0 Å². The summed E-state index contributed by atoms with van der Waals surface area (Å²) in [5.74, 6) is 0. The normalized spacial score (nSPS) is 13.1. The average molecular weight is 393 g/mol. The summed E-state index contributed by atoms with van der Waals surface area (Å²) in [5.41, 5.74) is 5.54. The Morgan fingerprint density at radius 3 is 0.909 bits per heavy atom. The molecule has 108 valence electrons. The summed E-state index contributed by atoms with van der Waals surface area (Å²) in [5, 5.41) is 18.3. The van der Waals surface area contributed by atoms with Crippen molar-refractivity contribution in [2.45, 2.75) is 19.6 Å². The van der Waals surface area contributed by atoms with Gasteiger partial charge in [0, 0.05) is 63.4 Å². The first kappa shape index (κ1) is 13.9. The summed E-state index contributed by atoms with van der Waals surface area (Å²) in [4.78, 5) is 5.51. The maximum atomic E-state index is 2.29. The highest BCUT2D eigenvalue weighted by molar-refractivity contribution is 8.00. The van der Waals surface area contributed by atoms with Crippen LogP contribution in [0.4, 0.5) is 0 Å². The second kappa shape index (κ2) is 5.54. The maximum absolute atomic E-state index is 2.29. The predicted octanol–water partition coefficient (Wildman–Crippen LogP) is 7.88. The van der Waals surface area contributed by atoms with Crippen molar-refractivity contribution in [1.82, 2.24) is 0 Å². The van der Waals surface area contributed by atoms with Gasteiger partial charge in [-0.2, -0.15) is 45.3 Å². The van der Waals surface area contributed by atoms with Crippen molar-refractivity contribution in [3.8, 4) is 22.3 Å². The van der Waals surface area contributed by atoms with Gasteiger partial charge in [0.1, 0.15) is 0 Å². The van der Waals surface area contributed by atoms with Crippen LogP contribution in [0.15, 0.2) is 62.6 Å². The van der Waals surface area contributed by atoms with E-state index in [1.54, 1.807) is 45.3 Å². The van der Waals surface area contributed by atoms with E-state index in [2.05, 4.69) is 43.0 Å². The average Bonchev–Trinajstić information content (AvgIpc) is 3.26. The second-order valence-corrected chi connectivity index (χ2v) is 9.94. The molecule has 0 spiro atoms. The topological polar surface area (TPSA) is 0 Å². The number of rotatable bonds is 0. The van der Waals surface area contributed by atoms with Crippen LogP contribution in [0.1, 0.15) is 0 Å². The largest absolute Gasteiger partial charge is 0.151 e. The molecule has 4 aromatic rings. The first-order valence-corrected chi connectivity index (χ1v) is 11.9. The number of thiophene rings is 4. The van der Waals surface area contributed by atoms with Gasteiger partial charge in [0.2, 0.25) is 0 Å². The molecule has 0 aliphatic carbocycles. The fourth-order valence-corrected chi connectivity index (χ4v) is 8.64. The molecule has 0 aromatic carbocycles. The Hall–Kier alpha value is -0.500. The molecule has 0 saturated heterocycles. The van der Waals surface area contributed by atoms with Crippen LogP contribution >= 0.6 is 68.9 Å². The number of hydrogen-bond donors (Lipinski definition) is 0. The molecular formula is C16H8S6. The molecule has 0 unspecified atom stereocenters. The molecule has 0 atom stereocenters. The summed E-state index contributed by atoms with van der Waals surface area (Å²) in [6, 6.07) is 0. The summed E-state index contributed by atoms with van der Waals surface area (Å²) in [6.07, 6.45) is 0. The Balaban J connectivity index is 1.80. The zero-order valence-corrected chi connectivity index (χ0v) is 16.0. The van der Waals surface area contributed by atoms with Gasteiger partial charge in [0.15, 0.2) is 0 Å². The van der Waals surface area contributed by atoms with Crippen molar-refractivity contribution in [1.29, 1.82) is 0 Å². The Bertz CT molecular complexity index is 796.